The Kier molecular flexibility index (Phi) is 5.58. The van der Waals surface area contributed by atoms with Gasteiger partial charge >= 0.3 is 0 Å². The molecule has 2 aromatic rings. The molecule has 6 heteroatoms. The number of hydrogen-bond acceptors (Lipinski definition) is 4. The normalized spacial score (nSPS) is 16.9. The molecule has 1 aliphatic rings. The van der Waals surface area contributed by atoms with Crippen molar-refractivity contribution in [2.75, 3.05) is 13.1 Å². The second-order valence-corrected chi connectivity index (χ2v) is 6.15. The Morgan fingerprint density at radius 2 is 2.12 bits per heavy atom. The molecule has 1 aromatic heterocycles. The average molecular weight is 343 g/mol. The van der Waals surface area contributed by atoms with E-state index in [1.807, 2.05) is 37.3 Å². The first-order valence-corrected chi connectivity index (χ1v) is 8.65. The Bertz CT molecular complexity index is 724. The monoisotopic (exact) mass is 343 g/mol. The van der Waals surface area contributed by atoms with Gasteiger partial charge in [-0.15, -0.1) is 0 Å². The minimum absolute atomic E-state index is 0.0181. The predicted octanol–water partition coefficient (Wildman–Crippen LogP) is 2.79. The molecule has 5 nitrogen and oxygen atoms in total. The predicted molar refractivity (Wildman–Crippen MR) is 91.7 cm³/mol. The molecule has 0 N–H and O–H groups in total. The van der Waals surface area contributed by atoms with E-state index in [0.717, 1.165) is 12.0 Å². The van der Waals surface area contributed by atoms with Gasteiger partial charge in [-0.1, -0.05) is 37.3 Å². The standard InChI is InChI=1S/C19H22FN3O2/c1-2-16-18(20)19(22-13-21-16)25-15-10-11-23(12-15)17(24)9-8-14-6-4-3-5-7-14/h3-7,13,15H,2,8-12H2,1H3. The van der Waals surface area contributed by atoms with Crippen molar-refractivity contribution in [2.24, 2.45) is 0 Å². The maximum atomic E-state index is 14.2. The van der Waals surface area contributed by atoms with Crippen molar-refractivity contribution in [3.63, 3.8) is 0 Å². The van der Waals surface area contributed by atoms with E-state index in [0.29, 0.717) is 38.0 Å². The van der Waals surface area contributed by atoms with Crippen molar-refractivity contribution in [1.82, 2.24) is 14.9 Å². The van der Waals surface area contributed by atoms with Crippen LogP contribution in [0.3, 0.4) is 0 Å². The maximum Gasteiger partial charge on any atom is 0.254 e. The van der Waals surface area contributed by atoms with Gasteiger partial charge < -0.3 is 9.64 Å². The number of rotatable bonds is 6. The quantitative estimate of drug-likeness (QED) is 0.809. The lowest BCUT2D eigenvalue weighted by Gasteiger charge is -2.17. The van der Waals surface area contributed by atoms with E-state index >= 15 is 0 Å². The van der Waals surface area contributed by atoms with E-state index in [1.165, 1.54) is 6.33 Å². The molecule has 1 atom stereocenters. The molecule has 2 heterocycles. The van der Waals surface area contributed by atoms with Crippen molar-refractivity contribution in [1.29, 1.82) is 0 Å². The largest absolute Gasteiger partial charge is 0.470 e. The smallest absolute Gasteiger partial charge is 0.254 e. The van der Waals surface area contributed by atoms with Crippen molar-refractivity contribution < 1.29 is 13.9 Å². The number of likely N-dealkylation sites (tertiary alicyclic amines) is 1. The summed E-state index contributed by atoms with van der Waals surface area (Å²) in [5, 5.41) is 0. The summed E-state index contributed by atoms with van der Waals surface area (Å²) in [6.45, 7) is 2.93. The second-order valence-electron chi connectivity index (χ2n) is 6.15. The molecule has 1 aromatic carbocycles. The molecule has 1 aliphatic heterocycles. The van der Waals surface area contributed by atoms with Gasteiger partial charge in [0.2, 0.25) is 11.7 Å². The molecule has 1 fully saturated rings. The minimum Gasteiger partial charge on any atom is -0.470 e. The minimum atomic E-state index is -0.501. The number of halogens is 1. The van der Waals surface area contributed by atoms with Crippen LogP contribution in [0.4, 0.5) is 4.39 Å². The summed E-state index contributed by atoms with van der Waals surface area (Å²) < 4.78 is 19.8. The number of ether oxygens (including phenoxy) is 1. The summed E-state index contributed by atoms with van der Waals surface area (Å²) in [6.07, 6.45) is 3.45. The lowest BCUT2D eigenvalue weighted by atomic mass is 10.1. The van der Waals surface area contributed by atoms with Gasteiger partial charge in [0, 0.05) is 19.4 Å². The Morgan fingerprint density at radius 1 is 1.32 bits per heavy atom. The van der Waals surface area contributed by atoms with E-state index in [2.05, 4.69) is 9.97 Å². The van der Waals surface area contributed by atoms with E-state index in [4.69, 9.17) is 4.74 Å². The van der Waals surface area contributed by atoms with Crippen molar-refractivity contribution in [3.05, 3.63) is 53.7 Å². The molecular formula is C19H22FN3O2. The van der Waals surface area contributed by atoms with Gasteiger partial charge in [-0.05, 0) is 18.4 Å². The van der Waals surface area contributed by atoms with Crippen LogP contribution in [0.2, 0.25) is 0 Å². The maximum absolute atomic E-state index is 14.2. The van der Waals surface area contributed by atoms with Crippen molar-refractivity contribution >= 4 is 5.91 Å². The highest BCUT2D eigenvalue weighted by Gasteiger charge is 2.28. The number of carbonyl (C=O) groups is 1. The van der Waals surface area contributed by atoms with Crippen molar-refractivity contribution in [2.45, 2.75) is 38.7 Å². The van der Waals surface area contributed by atoms with Crippen LogP contribution in [0, 0.1) is 5.82 Å². The lowest BCUT2D eigenvalue weighted by Crippen LogP contribution is -2.31. The molecule has 0 bridgehead atoms. The van der Waals surface area contributed by atoms with Gasteiger partial charge in [-0.2, -0.15) is 9.37 Å². The van der Waals surface area contributed by atoms with E-state index in [-0.39, 0.29) is 17.9 Å². The zero-order chi connectivity index (χ0) is 17.6. The van der Waals surface area contributed by atoms with Gasteiger partial charge in [-0.3, -0.25) is 4.79 Å². The van der Waals surface area contributed by atoms with Crippen LogP contribution < -0.4 is 4.74 Å². The molecule has 1 unspecified atom stereocenters. The Morgan fingerprint density at radius 3 is 2.88 bits per heavy atom. The Balaban J connectivity index is 1.52. The highest BCUT2D eigenvalue weighted by Crippen LogP contribution is 2.21. The summed E-state index contributed by atoms with van der Waals surface area (Å²) in [4.78, 5) is 21.9. The molecular weight excluding hydrogens is 321 g/mol. The third-order valence-electron chi connectivity index (χ3n) is 4.41. The van der Waals surface area contributed by atoms with Crippen LogP contribution in [-0.2, 0) is 17.6 Å². The molecule has 0 saturated carbocycles. The van der Waals surface area contributed by atoms with Crippen LogP contribution in [0.1, 0.15) is 31.0 Å². The first kappa shape index (κ1) is 17.3. The summed E-state index contributed by atoms with van der Waals surface area (Å²) in [7, 11) is 0. The first-order chi connectivity index (χ1) is 12.2. The molecule has 0 spiro atoms. The fourth-order valence-electron chi connectivity index (χ4n) is 2.98. The third-order valence-corrected chi connectivity index (χ3v) is 4.41. The zero-order valence-corrected chi connectivity index (χ0v) is 14.3. The van der Waals surface area contributed by atoms with Gasteiger partial charge in [0.05, 0.1) is 12.2 Å². The summed E-state index contributed by atoms with van der Waals surface area (Å²) in [5.41, 5.74) is 1.50. The van der Waals surface area contributed by atoms with Crippen LogP contribution in [0.5, 0.6) is 5.88 Å². The number of nitrogens with zero attached hydrogens (tertiary/aromatic N) is 3. The number of amides is 1. The van der Waals surface area contributed by atoms with Gasteiger partial charge in [0.25, 0.3) is 5.88 Å². The number of aromatic nitrogens is 2. The van der Waals surface area contributed by atoms with Crippen LogP contribution >= 0.6 is 0 Å². The van der Waals surface area contributed by atoms with Crippen LogP contribution in [-0.4, -0.2) is 40.0 Å². The lowest BCUT2D eigenvalue weighted by molar-refractivity contribution is -0.130. The topological polar surface area (TPSA) is 55.3 Å². The molecule has 1 saturated heterocycles. The third kappa shape index (κ3) is 4.32. The van der Waals surface area contributed by atoms with E-state index in [1.54, 1.807) is 4.90 Å². The Labute approximate surface area is 146 Å². The van der Waals surface area contributed by atoms with Gasteiger partial charge in [0.15, 0.2) is 0 Å². The number of benzene rings is 1. The zero-order valence-electron chi connectivity index (χ0n) is 14.3. The molecule has 1 amide bonds. The fraction of sp³-hybridized carbons (Fsp3) is 0.421. The molecule has 0 radical (unpaired) electrons. The van der Waals surface area contributed by atoms with Gasteiger partial charge in [-0.25, -0.2) is 4.98 Å². The number of hydrogen-bond donors (Lipinski definition) is 0. The summed E-state index contributed by atoms with van der Waals surface area (Å²) >= 11 is 0. The van der Waals surface area contributed by atoms with Crippen LogP contribution in [0.25, 0.3) is 0 Å². The molecule has 25 heavy (non-hydrogen) atoms. The van der Waals surface area contributed by atoms with Crippen molar-refractivity contribution in [3.8, 4) is 5.88 Å². The fourth-order valence-corrected chi connectivity index (χ4v) is 2.98. The second kappa shape index (κ2) is 8.05. The Hall–Kier alpha value is -2.50. The highest BCUT2D eigenvalue weighted by atomic mass is 19.1. The number of carbonyl (C=O) groups excluding carboxylic acids is 1. The molecule has 3 rings (SSSR count). The molecule has 0 aliphatic carbocycles. The van der Waals surface area contributed by atoms with E-state index in [9.17, 15) is 9.18 Å². The highest BCUT2D eigenvalue weighted by molar-refractivity contribution is 5.76. The molecule has 132 valence electrons. The average Bonchev–Trinajstić information content (AvgIpc) is 3.11. The number of aryl methyl sites for hydroxylation is 2. The van der Waals surface area contributed by atoms with Crippen LogP contribution in [0.15, 0.2) is 36.7 Å². The van der Waals surface area contributed by atoms with Gasteiger partial charge in [0.1, 0.15) is 12.4 Å². The summed E-state index contributed by atoms with van der Waals surface area (Å²) in [6, 6.07) is 9.95. The first-order valence-electron chi connectivity index (χ1n) is 8.65. The summed E-state index contributed by atoms with van der Waals surface area (Å²) in [5.74, 6) is -0.415. The SMILES string of the molecule is CCc1ncnc(OC2CCN(C(=O)CCc3ccccc3)C2)c1F. The van der Waals surface area contributed by atoms with E-state index < -0.39 is 5.82 Å².